The van der Waals surface area contributed by atoms with Gasteiger partial charge in [-0.25, -0.2) is 4.98 Å². The smallest absolute Gasteiger partial charge is 0.295 e. The van der Waals surface area contributed by atoms with Gasteiger partial charge in [-0.3, -0.25) is 0 Å². The molecule has 592 valence electrons. The van der Waals surface area contributed by atoms with Gasteiger partial charge in [-0.05, 0) is 58.6 Å². The average molecular weight is 1810 g/mol. The van der Waals surface area contributed by atoms with Crippen LogP contribution < -0.4 is 21.3 Å². The van der Waals surface area contributed by atoms with E-state index in [1.54, 1.807) is 18.4 Å². The maximum Gasteiger partial charge on any atom is 0.295 e. The maximum atomic E-state index is 6.93. The van der Waals surface area contributed by atoms with Crippen molar-refractivity contribution < 1.29 is 135 Å². The first-order valence-corrected chi connectivity index (χ1v) is 38.8. The van der Waals surface area contributed by atoms with Crippen LogP contribution in [0.2, 0.25) is 0 Å². The van der Waals surface area contributed by atoms with Gasteiger partial charge in [0.2, 0.25) is 0 Å². The molecule has 0 amide bonds. The number of rotatable bonds is 8. The molecule has 10 aromatic carbocycles. The number of hydrogen-bond donors (Lipinski definition) is 8. The number of nitrogens with one attached hydrogen (secondary N) is 8. The summed E-state index contributed by atoms with van der Waals surface area (Å²) in [5.74, 6) is 0. The van der Waals surface area contributed by atoms with E-state index >= 15 is 0 Å². The molecule has 8 N–H and O–H groups in total. The van der Waals surface area contributed by atoms with E-state index in [1.807, 2.05) is 330 Å². The fourth-order valence-corrected chi connectivity index (χ4v) is 9.05. The number of para-hydroxylation sites is 3. The Kier molecular flexibility index (Phi) is 97.7. The first kappa shape index (κ1) is 125. The maximum absolute atomic E-state index is 6.93. The number of aryl methyl sites for hydroxylation is 8. The van der Waals surface area contributed by atoms with Crippen molar-refractivity contribution in [2.45, 2.75) is 194 Å². The van der Waals surface area contributed by atoms with E-state index in [0.717, 1.165) is 71.9 Å². The number of nitrogens with zero attached hydrogens (tertiary/aromatic N) is 2. The molecule has 0 spiro atoms. The molecule has 11 nitrogen and oxygen atoms in total. The van der Waals surface area contributed by atoms with Crippen LogP contribution >= 0.6 is 11.3 Å². The summed E-state index contributed by atoms with van der Waals surface area (Å²) in [6, 6.07) is 69.7. The molecule has 0 unspecified atom stereocenters. The van der Waals surface area contributed by atoms with Gasteiger partial charge >= 0.3 is 0 Å². The van der Waals surface area contributed by atoms with Gasteiger partial charge in [0.05, 0.1) is 10.2 Å². The quantitative estimate of drug-likeness (QED) is 0.0550. The molecule has 0 aliphatic heterocycles. The minimum atomic E-state index is 0. The van der Waals surface area contributed by atoms with Crippen molar-refractivity contribution in [2.24, 2.45) is 0 Å². The van der Waals surface area contributed by atoms with Gasteiger partial charge in [0.15, 0.2) is 10.7 Å². The summed E-state index contributed by atoms with van der Waals surface area (Å²) in [5, 5.41) is 46.0. The molecule has 4 radical (unpaired) electrons. The monoisotopic (exact) mass is 1810 g/mol. The number of anilines is 4. The molecule has 110 heavy (non-hydrogen) atoms. The Balaban J connectivity index is -0.000000125. The third kappa shape index (κ3) is 52.6. The molecule has 2 aromatic heterocycles. The van der Waals surface area contributed by atoms with Crippen molar-refractivity contribution in [3.63, 3.8) is 0 Å². The van der Waals surface area contributed by atoms with Gasteiger partial charge in [0.25, 0.3) is 6.01 Å². The molecule has 12 aromatic rings. The molecule has 0 saturated carbocycles. The molecule has 2 heterocycles. The Morgan fingerprint density at radius 3 is 1.00 bits per heavy atom. The van der Waals surface area contributed by atoms with Gasteiger partial charge in [0, 0.05) is 176 Å². The predicted molar refractivity (Wildman–Crippen MR) is 484 cm³/mol. The van der Waals surface area contributed by atoms with Gasteiger partial charge in [-0.1, -0.05) is 345 Å². The van der Waals surface area contributed by atoms with Crippen molar-refractivity contribution >= 4 is 102 Å². The SMILES string of the molecule is CC.CC.CC.CC.CC.CC.CC.CC.CC.CC.CNc1ccc2ccccc2c1.CNc1cccc2ccccc12.CNc1nc2ccccc2o1.CNc1nc2ccccc2s1.Cc1ccc(C)c([C-]=N)c1.Cc1ccc(C)c([C-]=N)c1.Cc1ccc(C)c([C-]=N)c1.Cc1ccc(C)c([C-]=N)c1.[Y].[Y].[Y].[Y]. The van der Waals surface area contributed by atoms with E-state index in [4.69, 9.17) is 26.1 Å². The summed E-state index contributed by atoms with van der Waals surface area (Å²) in [4.78, 5) is 8.49. The Hall–Kier alpha value is -5.62. The summed E-state index contributed by atoms with van der Waals surface area (Å²) >= 11 is 1.68. The normalized spacial score (nSPS) is 8.22. The standard InChI is InChI=1S/2C11H11N.4C9H10N.C8H8N2O.C8H8N2S.10C2H6.4Y/c1-12-11-8-4-6-9-5-2-3-7-10(9)11;1-12-11-7-6-9-4-2-3-5-10(9)8-11;4*1-7-3-4-8(2)9(5-7)6-10;2*1-9-8-10-6-4-2-3-5-7(6)11-8;10*1-2;;;;/h2*2-8,12H,1H3;4*3-5,10H,1-2H3;2*2-5H,1H3,(H,9,10);10*1-2H3;;;;/q;;4*-1;;;;;;;;;;;;;;;;. The van der Waals surface area contributed by atoms with Crippen LogP contribution in [0.15, 0.2) is 211 Å². The molecular formula is C94H138N10OSY4-4. The number of aromatic nitrogens is 2. The van der Waals surface area contributed by atoms with Crippen LogP contribution in [-0.4, -0.2) is 63.0 Å². The van der Waals surface area contributed by atoms with Crippen LogP contribution in [-0.2, 0) is 131 Å². The minimum absolute atomic E-state index is 0. The largest absolute Gasteiger partial charge is 0.424 e. The molecule has 0 bridgehead atoms. The van der Waals surface area contributed by atoms with E-state index < -0.39 is 0 Å². The van der Waals surface area contributed by atoms with Crippen molar-refractivity contribution in [3.05, 3.63) is 273 Å². The second-order valence-electron chi connectivity index (χ2n) is 19.8. The molecule has 16 heteroatoms. The third-order valence-electron chi connectivity index (χ3n) is 13.2. The van der Waals surface area contributed by atoms with Crippen LogP contribution in [0.25, 0.3) is 42.9 Å². The zero-order valence-corrected chi connectivity index (χ0v) is 85.8. The van der Waals surface area contributed by atoms with Crippen molar-refractivity contribution in [1.82, 2.24) is 9.97 Å². The Morgan fingerprint density at radius 1 is 0.309 bits per heavy atom. The molecule has 0 atom stereocenters. The van der Waals surface area contributed by atoms with E-state index in [0.29, 0.717) is 6.01 Å². The summed E-state index contributed by atoms with van der Waals surface area (Å²) < 4.78 is 6.53. The topological polar surface area (TPSA) is 182 Å². The molecule has 0 fully saturated rings. The van der Waals surface area contributed by atoms with Gasteiger partial charge in [-0.15, -0.1) is 46.5 Å². The molecule has 12 rings (SSSR count). The van der Waals surface area contributed by atoms with Crippen molar-refractivity contribution in [3.8, 4) is 0 Å². The van der Waals surface area contributed by atoms with Crippen LogP contribution in [0.5, 0.6) is 0 Å². The molecular weight excluding hydrogens is 1670 g/mol. The van der Waals surface area contributed by atoms with Crippen molar-refractivity contribution in [2.75, 3.05) is 49.5 Å². The van der Waals surface area contributed by atoms with E-state index in [9.17, 15) is 0 Å². The van der Waals surface area contributed by atoms with Crippen molar-refractivity contribution in [1.29, 1.82) is 21.6 Å². The number of oxazole rings is 1. The van der Waals surface area contributed by atoms with Crippen LogP contribution in [0, 0.1) is 77.0 Å². The summed E-state index contributed by atoms with van der Waals surface area (Å²) in [7, 11) is 7.55. The Morgan fingerprint density at radius 2 is 0.655 bits per heavy atom. The number of thiazole rings is 1. The molecule has 0 aliphatic carbocycles. The minimum Gasteiger partial charge on any atom is -0.424 e. The third-order valence-corrected chi connectivity index (χ3v) is 14.3. The van der Waals surface area contributed by atoms with Gasteiger partial charge in [-0.2, -0.15) is 73.8 Å². The van der Waals surface area contributed by atoms with E-state index in [2.05, 4.69) is 147 Å². The number of fused-ring (bicyclic) bond motifs is 4. The van der Waals surface area contributed by atoms with Gasteiger partial charge in [0.1, 0.15) is 5.52 Å². The average Bonchev–Trinajstić information content (AvgIpc) is 0.857. The zero-order chi connectivity index (χ0) is 82.4. The van der Waals surface area contributed by atoms with Crippen LogP contribution in [0.3, 0.4) is 0 Å². The summed E-state index contributed by atoms with van der Waals surface area (Å²) in [6.45, 7) is 56.0. The number of hydrogen-bond acceptors (Lipinski definition) is 12. The fourth-order valence-electron chi connectivity index (χ4n) is 8.23. The summed E-state index contributed by atoms with van der Waals surface area (Å²) in [6.07, 6.45) is 9.54. The Labute approximate surface area is 775 Å². The summed E-state index contributed by atoms with van der Waals surface area (Å²) in [5.41, 5.74) is 17.8. The first-order valence-electron chi connectivity index (χ1n) is 38.0. The Bertz CT molecular complexity index is 3760. The van der Waals surface area contributed by atoms with E-state index in [-0.39, 0.29) is 131 Å². The number of benzene rings is 10. The molecule has 0 saturated heterocycles. The zero-order valence-electron chi connectivity index (χ0n) is 73.7. The fraction of sp³-hybridized carbons (Fsp3) is 0.340. The second kappa shape index (κ2) is 85.8. The predicted octanol–water partition coefficient (Wildman–Crippen LogP) is 28.9. The first-order chi connectivity index (χ1) is 51.6. The van der Waals surface area contributed by atoms with Crippen LogP contribution in [0.1, 0.15) is 205 Å². The van der Waals surface area contributed by atoms with Crippen LogP contribution in [0.4, 0.5) is 22.5 Å². The van der Waals surface area contributed by atoms with Gasteiger partial charge < -0.3 is 47.3 Å². The molecule has 0 aliphatic rings. The second-order valence-corrected chi connectivity index (χ2v) is 20.9. The van der Waals surface area contributed by atoms with E-state index in [1.165, 1.54) is 54.2 Å².